The second-order valence-corrected chi connectivity index (χ2v) is 8.61. The summed E-state index contributed by atoms with van der Waals surface area (Å²) in [7, 11) is 0. The number of benzene rings is 2. The predicted octanol–water partition coefficient (Wildman–Crippen LogP) is 4.43. The topological polar surface area (TPSA) is 58.9 Å². The second-order valence-electron chi connectivity index (χ2n) is 6.12. The van der Waals surface area contributed by atoms with Gasteiger partial charge in [-0.3, -0.25) is 0 Å². The van der Waals surface area contributed by atoms with Gasteiger partial charge in [0.2, 0.25) is 0 Å². The molecule has 1 saturated heterocycles. The minimum Gasteiger partial charge on any atom is -0.393 e. The lowest BCUT2D eigenvalue weighted by Gasteiger charge is -2.17. The van der Waals surface area contributed by atoms with Gasteiger partial charge in [0.25, 0.3) is 0 Å². The SMILES string of the molecule is CC1(C)OC[C@H](c2ccc(I)cc2)O1.OC[C@@H](O)c1ccc(I)cc1. The molecule has 0 spiro atoms. The third-order valence-corrected chi connectivity index (χ3v) is 5.12. The zero-order valence-electron chi connectivity index (χ0n) is 14.2. The van der Waals surface area contributed by atoms with E-state index in [-0.39, 0.29) is 12.7 Å². The van der Waals surface area contributed by atoms with Crippen molar-refractivity contribution in [3.8, 4) is 0 Å². The highest BCUT2D eigenvalue weighted by atomic mass is 127. The second kappa shape index (κ2) is 9.61. The fourth-order valence-electron chi connectivity index (χ4n) is 2.32. The zero-order valence-corrected chi connectivity index (χ0v) is 18.5. The van der Waals surface area contributed by atoms with Crippen LogP contribution in [-0.2, 0) is 9.47 Å². The van der Waals surface area contributed by atoms with Crippen LogP contribution in [0.5, 0.6) is 0 Å². The lowest BCUT2D eigenvalue weighted by atomic mass is 10.1. The molecule has 25 heavy (non-hydrogen) atoms. The van der Waals surface area contributed by atoms with E-state index in [4.69, 9.17) is 19.7 Å². The van der Waals surface area contributed by atoms with Crippen LogP contribution in [0.2, 0.25) is 0 Å². The molecular weight excluding hydrogens is 546 g/mol. The van der Waals surface area contributed by atoms with Crippen molar-refractivity contribution in [3.63, 3.8) is 0 Å². The zero-order chi connectivity index (χ0) is 18.4. The van der Waals surface area contributed by atoms with E-state index in [1.54, 1.807) is 0 Å². The molecule has 2 aromatic rings. The number of aliphatic hydroxyl groups is 2. The Balaban J connectivity index is 0.000000186. The van der Waals surface area contributed by atoms with Crippen molar-refractivity contribution in [1.82, 2.24) is 0 Å². The smallest absolute Gasteiger partial charge is 0.163 e. The van der Waals surface area contributed by atoms with Gasteiger partial charge in [-0.1, -0.05) is 24.3 Å². The van der Waals surface area contributed by atoms with Crippen LogP contribution in [0.4, 0.5) is 0 Å². The average molecular weight is 568 g/mol. The van der Waals surface area contributed by atoms with Crippen molar-refractivity contribution >= 4 is 45.2 Å². The van der Waals surface area contributed by atoms with E-state index in [0.717, 1.165) is 9.13 Å². The van der Waals surface area contributed by atoms with E-state index in [0.29, 0.717) is 6.61 Å². The van der Waals surface area contributed by atoms with Gasteiger partial charge in [-0.2, -0.15) is 0 Å². The predicted molar refractivity (Wildman–Crippen MR) is 114 cm³/mol. The summed E-state index contributed by atoms with van der Waals surface area (Å²) in [6.45, 7) is 4.31. The summed E-state index contributed by atoms with van der Waals surface area (Å²) in [6.07, 6.45) is -0.658. The molecule has 0 amide bonds. The molecule has 1 aliphatic rings. The van der Waals surface area contributed by atoms with Crippen molar-refractivity contribution in [2.24, 2.45) is 0 Å². The summed E-state index contributed by atoms with van der Waals surface area (Å²) < 4.78 is 13.6. The van der Waals surface area contributed by atoms with Crippen LogP contribution in [0.15, 0.2) is 48.5 Å². The minimum atomic E-state index is -0.744. The van der Waals surface area contributed by atoms with E-state index in [9.17, 15) is 0 Å². The molecular formula is C19H22I2O4. The summed E-state index contributed by atoms with van der Waals surface area (Å²) in [5.41, 5.74) is 1.95. The number of halogens is 2. The molecule has 0 saturated carbocycles. The standard InChI is InChI=1S/C11H13IO2.C8H9IO2/c1-11(2)13-7-10(14-11)8-3-5-9(12)6-4-8;9-7-3-1-6(2-4-7)8(11)5-10/h3-6,10H,7H2,1-2H3;1-4,8,10-11H,5H2/t10-;8-/m11/s1. The van der Waals surface area contributed by atoms with Crippen LogP contribution in [-0.4, -0.2) is 29.2 Å². The van der Waals surface area contributed by atoms with E-state index in [1.807, 2.05) is 38.1 Å². The van der Waals surface area contributed by atoms with E-state index in [2.05, 4.69) is 69.4 Å². The van der Waals surface area contributed by atoms with Gasteiger partial charge in [0, 0.05) is 7.14 Å². The number of hydrogen-bond donors (Lipinski definition) is 2. The van der Waals surface area contributed by atoms with Gasteiger partial charge < -0.3 is 19.7 Å². The molecule has 2 N–H and O–H groups in total. The molecule has 4 nitrogen and oxygen atoms in total. The van der Waals surface area contributed by atoms with Crippen LogP contribution in [0.3, 0.4) is 0 Å². The quantitative estimate of drug-likeness (QED) is 0.539. The first kappa shape index (κ1) is 21.0. The summed E-state index contributed by atoms with van der Waals surface area (Å²) in [4.78, 5) is 0. The van der Waals surface area contributed by atoms with Crippen LogP contribution < -0.4 is 0 Å². The van der Waals surface area contributed by atoms with Gasteiger partial charge >= 0.3 is 0 Å². The molecule has 0 aromatic heterocycles. The molecule has 6 heteroatoms. The van der Waals surface area contributed by atoms with Crippen LogP contribution in [0.1, 0.15) is 37.2 Å². The monoisotopic (exact) mass is 568 g/mol. The van der Waals surface area contributed by atoms with Gasteiger partial charge in [0.05, 0.1) is 13.2 Å². The minimum absolute atomic E-state index is 0.0852. The van der Waals surface area contributed by atoms with Gasteiger partial charge in [-0.15, -0.1) is 0 Å². The lowest BCUT2D eigenvalue weighted by molar-refractivity contribution is -0.139. The Morgan fingerprint density at radius 3 is 2.00 bits per heavy atom. The third kappa shape index (κ3) is 6.76. The maximum Gasteiger partial charge on any atom is 0.163 e. The maximum absolute atomic E-state index is 9.17. The summed E-state index contributed by atoms with van der Waals surface area (Å²) in [6, 6.07) is 15.8. The molecule has 0 radical (unpaired) electrons. The number of aliphatic hydroxyl groups excluding tert-OH is 2. The fraction of sp³-hybridized carbons (Fsp3) is 0.368. The van der Waals surface area contributed by atoms with Gasteiger partial charge in [-0.05, 0) is 94.4 Å². The average Bonchev–Trinajstić information content (AvgIpc) is 2.96. The Morgan fingerprint density at radius 2 is 1.56 bits per heavy atom. The molecule has 0 aliphatic carbocycles. The Hall–Kier alpha value is -0.260. The molecule has 3 rings (SSSR count). The molecule has 0 unspecified atom stereocenters. The van der Waals surface area contributed by atoms with E-state index in [1.165, 1.54) is 9.13 Å². The highest BCUT2D eigenvalue weighted by molar-refractivity contribution is 14.1. The van der Waals surface area contributed by atoms with Crippen molar-refractivity contribution in [1.29, 1.82) is 0 Å². The summed E-state index contributed by atoms with van der Waals surface area (Å²) >= 11 is 4.48. The molecule has 1 aliphatic heterocycles. The molecule has 0 bridgehead atoms. The van der Waals surface area contributed by atoms with E-state index >= 15 is 0 Å². The van der Waals surface area contributed by atoms with E-state index < -0.39 is 11.9 Å². The first-order chi connectivity index (χ1) is 11.8. The number of rotatable bonds is 3. The van der Waals surface area contributed by atoms with Crippen LogP contribution in [0.25, 0.3) is 0 Å². The summed E-state index contributed by atoms with van der Waals surface area (Å²) in [5, 5.41) is 17.8. The van der Waals surface area contributed by atoms with Gasteiger partial charge in [0.1, 0.15) is 12.2 Å². The van der Waals surface area contributed by atoms with Crippen LogP contribution in [0, 0.1) is 7.14 Å². The first-order valence-corrected chi connectivity index (χ1v) is 10.1. The highest BCUT2D eigenvalue weighted by Crippen LogP contribution is 2.32. The molecule has 1 heterocycles. The Kier molecular flexibility index (Phi) is 8.09. The van der Waals surface area contributed by atoms with Crippen molar-refractivity contribution in [2.75, 3.05) is 13.2 Å². The molecule has 2 atom stereocenters. The highest BCUT2D eigenvalue weighted by Gasteiger charge is 2.33. The van der Waals surface area contributed by atoms with Crippen molar-refractivity contribution in [2.45, 2.75) is 31.8 Å². The Labute approximate surface area is 175 Å². The molecule has 136 valence electrons. The van der Waals surface area contributed by atoms with Crippen molar-refractivity contribution in [3.05, 3.63) is 66.8 Å². The number of ether oxygens (including phenoxy) is 2. The Bertz CT molecular complexity index is 656. The maximum atomic E-state index is 9.17. The molecule has 1 fully saturated rings. The lowest BCUT2D eigenvalue weighted by Crippen LogP contribution is -2.19. The van der Waals surface area contributed by atoms with Crippen molar-refractivity contribution < 1.29 is 19.7 Å². The van der Waals surface area contributed by atoms with Gasteiger partial charge in [0.15, 0.2) is 5.79 Å². The Morgan fingerprint density at radius 1 is 1.04 bits per heavy atom. The largest absolute Gasteiger partial charge is 0.393 e. The normalized spacial score (nSPS) is 19.8. The molecule has 2 aromatic carbocycles. The van der Waals surface area contributed by atoms with Crippen LogP contribution >= 0.6 is 45.2 Å². The third-order valence-electron chi connectivity index (χ3n) is 3.68. The number of hydrogen-bond acceptors (Lipinski definition) is 4. The van der Waals surface area contributed by atoms with Gasteiger partial charge in [-0.25, -0.2) is 0 Å². The first-order valence-electron chi connectivity index (χ1n) is 7.92. The summed E-state index contributed by atoms with van der Waals surface area (Å²) in [5.74, 6) is -0.437. The fourth-order valence-corrected chi connectivity index (χ4v) is 3.04.